The molecule has 128 valence electrons. The molecule has 25 heavy (non-hydrogen) atoms. The normalized spacial score (nSPS) is 12.8. The highest BCUT2D eigenvalue weighted by Crippen LogP contribution is 2.34. The van der Waals surface area contributed by atoms with E-state index < -0.39 is 0 Å². The molecule has 0 aliphatic carbocycles. The highest BCUT2D eigenvalue weighted by Gasteiger charge is 2.16. The zero-order valence-electron chi connectivity index (χ0n) is 14.9. The van der Waals surface area contributed by atoms with Gasteiger partial charge in [-0.25, -0.2) is 0 Å². The highest BCUT2D eigenvalue weighted by molar-refractivity contribution is 5.85. The Labute approximate surface area is 148 Å². The molecule has 0 spiro atoms. The molecular weight excluding hydrogens is 314 g/mol. The fourth-order valence-electron chi connectivity index (χ4n) is 2.32. The van der Waals surface area contributed by atoms with E-state index in [1.54, 1.807) is 7.11 Å². The fourth-order valence-corrected chi connectivity index (χ4v) is 2.32. The van der Waals surface area contributed by atoms with Crippen molar-refractivity contribution in [2.45, 2.75) is 26.3 Å². The molecule has 0 unspecified atom stereocenters. The van der Waals surface area contributed by atoms with Crippen molar-refractivity contribution in [3.63, 3.8) is 0 Å². The molecule has 3 rings (SSSR count). The van der Waals surface area contributed by atoms with E-state index in [1.807, 2.05) is 42.6 Å². The summed E-state index contributed by atoms with van der Waals surface area (Å²) < 4.78 is 16.3. The predicted octanol–water partition coefficient (Wildman–Crippen LogP) is 4.04. The summed E-state index contributed by atoms with van der Waals surface area (Å²) in [5.41, 5.74) is 2.41. The third-order valence-corrected chi connectivity index (χ3v) is 3.57. The van der Waals surface area contributed by atoms with Gasteiger partial charge in [0.1, 0.15) is 5.75 Å². The number of fused-ring (bicyclic) bond motifs is 1. The molecule has 0 radical (unpaired) electrons. The number of benzene rings is 2. The Morgan fingerprint density at radius 3 is 2.44 bits per heavy atom. The first-order chi connectivity index (χ1) is 12.0. The van der Waals surface area contributed by atoms with E-state index in [0.717, 1.165) is 28.2 Å². The molecule has 0 amide bonds. The Kier molecular flexibility index (Phi) is 4.67. The van der Waals surface area contributed by atoms with Crippen LogP contribution in [0.15, 0.2) is 41.4 Å². The third-order valence-electron chi connectivity index (χ3n) is 3.57. The molecule has 2 aromatic rings. The predicted molar refractivity (Wildman–Crippen MR) is 98.9 cm³/mol. The minimum absolute atomic E-state index is 0.163. The minimum atomic E-state index is -0.163. The van der Waals surface area contributed by atoms with Gasteiger partial charge in [0.05, 0.1) is 18.2 Å². The smallest absolute Gasteiger partial charge is 0.231 e. The van der Waals surface area contributed by atoms with E-state index in [0.29, 0.717) is 5.75 Å². The number of hydrogen-bond acceptors (Lipinski definition) is 4. The molecule has 0 fully saturated rings. The number of rotatable bonds is 2. The fraction of sp³-hybridized carbons (Fsp3) is 0.286. The lowest BCUT2D eigenvalue weighted by atomic mass is 10.1. The van der Waals surface area contributed by atoms with Crippen LogP contribution in [0.5, 0.6) is 17.2 Å². The van der Waals surface area contributed by atoms with Gasteiger partial charge in [-0.3, -0.25) is 4.99 Å². The Bertz CT molecular complexity index is 867. The van der Waals surface area contributed by atoms with Gasteiger partial charge in [0, 0.05) is 23.4 Å². The summed E-state index contributed by atoms with van der Waals surface area (Å²) in [7, 11) is 1.64. The van der Waals surface area contributed by atoms with Gasteiger partial charge in [-0.05, 0) is 39.0 Å². The summed E-state index contributed by atoms with van der Waals surface area (Å²) >= 11 is 0. The number of aliphatic imine (C=N–C) groups is 1. The lowest BCUT2D eigenvalue weighted by Crippen LogP contribution is -2.09. The van der Waals surface area contributed by atoms with Gasteiger partial charge in [-0.2, -0.15) is 0 Å². The second-order valence-electron chi connectivity index (χ2n) is 6.67. The quantitative estimate of drug-likeness (QED) is 0.614. The maximum atomic E-state index is 5.48. The van der Waals surface area contributed by atoms with Crippen LogP contribution in [-0.4, -0.2) is 25.7 Å². The Morgan fingerprint density at radius 2 is 1.72 bits per heavy atom. The minimum Gasteiger partial charge on any atom is -0.495 e. The van der Waals surface area contributed by atoms with Crippen LogP contribution >= 0.6 is 0 Å². The summed E-state index contributed by atoms with van der Waals surface area (Å²) in [6.07, 6.45) is 1.84. The summed E-state index contributed by atoms with van der Waals surface area (Å²) in [5.74, 6) is 8.57. The third kappa shape index (κ3) is 4.13. The molecule has 0 aromatic heterocycles. The first-order valence-electron chi connectivity index (χ1n) is 8.10. The van der Waals surface area contributed by atoms with E-state index in [1.165, 1.54) is 0 Å². The van der Waals surface area contributed by atoms with E-state index in [2.05, 4.69) is 37.6 Å². The van der Waals surface area contributed by atoms with Crippen molar-refractivity contribution >= 4 is 6.21 Å². The van der Waals surface area contributed by atoms with Crippen molar-refractivity contribution in [2.24, 2.45) is 4.99 Å². The van der Waals surface area contributed by atoms with E-state index in [-0.39, 0.29) is 12.3 Å². The van der Waals surface area contributed by atoms with Crippen LogP contribution in [0.4, 0.5) is 0 Å². The highest BCUT2D eigenvalue weighted by atomic mass is 16.7. The van der Waals surface area contributed by atoms with Crippen LogP contribution in [0.25, 0.3) is 0 Å². The Hall–Kier alpha value is -2.93. The number of nitrogens with zero attached hydrogens (tertiary/aromatic N) is 1. The van der Waals surface area contributed by atoms with Crippen LogP contribution in [-0.2, 0) is 0 Å². The molecule has 0 N–H and O–H groups in total. The molecule has 1 aliphatic rings. The van der Waals surface area contributed by atoms with E-state index in [4.69, 9.17) is 14.2 Å². The van der Waals surface area contributed by atoms with Crippen LogP contribution in [0.2, 0.25) is 0 Å². The SMILES string of the molecule is COc1ccccc1C#Cc1cc2c(cc1C=NC(C)(C)C)OCO2. The first-order valence-corrected chi connectivity index (χ1v) is 8.10. The van der Waals surface area contributed by atoms with Crippen molar-refractivity contribution in [2.75, 3.05) is 13.9 Å². The number of ether oxygens (including phenoxy) is 3. The maximum Gasteiger partial charge on any atom is 0.231 e. The van der Waals surface area contributed by atoms with E-state index in [9.17, 15) is 0 Å². The molecule has 0 atom stereocenters. The van der Waals surface area contributed by atoms with Gasteiger partial charge in [-0.1, -0.05) is 24.0 Å². The van der Waals surface area contributed by atoms with Gasteiger partial charge < -0.3 is 14.2 Å². The van der Waals surface area contributed by atoms with Gasteiger partial charge in [0.2, 0.25) is 6.79 Å². The molecule has 1 aliphatic heterocycles. The average molecular weight is 335 g/mol. The van der Waals surface area contributed by atoms with Gasteiger partial charge in [-0.15, -0.1) is 0 Å². The van der Waals surface area contributed by atoms with Crippen LogP contribution in [0.3, 0.4) is 0 Å². The largest absolute Gasteiger partial charge is 0.495 e. The zero-order valence-corrected chi connectivity index (χ0v) is 14.9. The summed E-state index contributed by atoms with van der Waals surface area (Å²) in [4.78, 5) is 4.59. The van der Waals surface area contributed by atoms with Crippen molar-refractivity contribution in [1.82, 2.24) is 0 Å². The topological polar surface area (TPSA) is 40.0 Å². The molecule has 4 heteroatoms. The first kappa shape index (κ1) is 16.9. The van der Waals surface area contributed by atoms with Crippen LogP contribution in [0.1, 0.15) is 37.5 Å². The lowest BCUT2D eigenvalue weighted by Gasteiger charge is -2.11. The van der Waals surface area contributed by atoms with Crippen molar-refractivity contribution < 1.29 is 14.2 Å². The van der Waals surface area contributed by atoms with E-state index >= 15 is 0 Å². The molecule has 2 aromatic carbocycles. The second-order valence-corrected chi connectivity index (χ2v) is 6.67. The second kappa shape index (κ2) is 6.90. The molecule has 0 bridgehead atoms. The monoisotopic (exact) mass is 335 g/mol. The Balaban J connectivity index is 2.03. The summed E-state index contributed by atoms with van der Waals surface area (Å²) in [5, 5.41) is 0. The van der Waals surface area contributed by atoms with Gasteiger partial charge in [0.15, 0.2) is 11.5 Å². The standard InChI is InChI=1S/C21H21NO3/c1-21(2,3)22-13-17-12-20-19(24-14-25-20)11-16(17)10-9-15-7-5-6-8-18(15)23-4/h5-8,11-13H,14H2,1-4H3. The van der Waals surface area contributed by atoms with Crippen molar-refractivity contribution in [3.05, 3.63) is 53.1 Å². The van der Waals surface area contributed by atoms with Crippen molar-refractivity contribution in [3.8, 4) is 29.1 Å². The van der Waals surface area contributed by atoms with Crippen LogP contribution < -0.4 is 14.2 Å². The molecule has 0 saturated heterocycles. The number of hydrogen-bond donors (Lipinski definition) is 0. The van der Waals surface area contributed by atoms with Gasteiger partial charge >= 0.3 is 0 Å². The summed E-state index contributed by atoms with van der Waals surface area (Å²) in [6, 6.07) is 11.5. The maximum absolute atomic E-state index is 5.48. The zero-order chi connectivity index (χ0) is 17.9. The van der Waals surface area contributed by atoms with Gasteiger partial charge in [0.25, 0.3) is 0 Å². The molecule has 0 saturated carbocycles. The van der Waals surface area contributed by atoms with Crippen LogP contribution in [0, 0.1) is 11.8 Å². The molecule has 1 heterocycles. The lowest BCUT2D eigenvalue weighted by molar-refractivity contribution is 0.174. The Morgan fingerprint density at radius 1 is 1.04 bits per heavy atom. The number of para-hydroxylation sites is 1. The average Bonchev–Trinajstić information content (AvgIpc) is 3.04. The number of methoxy groups -OCH3 is 1. The van der Waals surface area contributed by atoms with Crippen molar-refractivity contribution in [1.29, 1.82) is 0 Å². The summed E-state index contributed by atoms with van der Waals surface area (Å²) in [6.45, 7) is 6.39. The molecule has 4 nitrogen and oxygen atoms in total. The molecular formula is C21H21NO3.